The van der Waals surface area contributed by atoms with Gasteiger partial charge in [0.05, 0.1) is 13.2 Å². The first-order chi connectivity index (χ1) is 7.13. The van der Waals surface area contributed by atoms with Crippen molar-refractivity contribution >= 4 is 0 Å². The summed E-state index contributed by atoms with van der Waals surface area (Å²) in [6.07, 6.45) is -0.314. The third-order valence-corrected chi connectivity index (χ3v) is 2.34. The minimum Gasteiger partial charge on any atom is -0.497 e. The van der Waals surface area contributed by atoms with Crippen molar-refractivity contribution in [2.45, 2.75) is 26.0 Å². The van der Waals surface area contributed by atoms with Gasteiger partial charge in [-0.15, -0.1) is 0 Å². The SMILES string of the molecule is COc1ccc(C(C)NCC(C)O)cc1. The molecule has 0 saturated heterocycles. The third kappa shape index (κ3) is 3.90. The van der Waals surface area contributed by atoms with E-state index in [9.17, 15) is 0 Å². The average molecular weight is 209 g/mol. The molecule has 84 valence electrons. The largest absolute Gasteiger partial charge is 0.497 e. The smallest absolute Gasteiger partial charge is 0.118 e. The maximum atomic E-state index is 9.15. The van der Waals surface area contributed by atoms with Gasteiger partial charge in [-0.1, -0.05) is 12.1 Å². The molecule has 2 unspecified atom stereocenters. The van der Waals surface area contributed by atoms with Crippen LogP contribution in [0.5, 0.6) is 5.75 Å². The second-order valence-electron chi connectivity index (χ2n) is 3.75. The zero-order valence-corrected chi connectivity index (χ0v) is 9.53. The number of nitrogens with one attached hydrogen (secondary N) is 1. The lowest BCUT2D eigenvalue weighted by molar-refractivity contribution is 0.187. The summed E-state index contributed by atoms with van der Waals surface area (Å²) in [6.45, 7) is 4.45. The molecule has 0 bridgehead atoms. The number of aliphatic hydroxyl groups excluding tert-OH is 1. The fraction of sp³-hybridized carbons (Fsp3) is 0.500. The van der Waals surface area contributed by atoms with E-state index in [4.69, 9.17) is 9.84 Å². The maximum absolute atomic E-state index is 9.15. The van der Waals surface area contributed by atoms with Crippen LogP contribution in [-0.2, 0) is 0 Å². The van der Waals surface area contributed by atoms with Crippen LogP contribution in [0.1, 0.15) is 25.5 Å². The lowest BCUT2D eigenvalue weighted by Gasteiger charge is -2.15. The first-order valence-electron chi connectivity index (χ1n) is 5.19. The van der Waals surface area contributed by atoms with Crippen molar-refractivity contribution in [2.24, 2.45) is 0 Å². The van der Waals surface area contributed by atoms with E-state index in [-0.39, 0.29) is 12.1 Å². The van der Waals surface area contributed by atoms with Crippen LogP contribution in [-0.4, -0.2) is 24.9 Å². The molecule has 0 aliphatic rings. The number of benzene rings is 1. The van der Waals surface area contributed by atoms with Gasteiger partial charge in [-0.05, 0) is 31.5 Å². The Bertz CT molecular complexity index is 282. The Kier molecular flexibility index (Phi) is 4.59. The highest BCUT2D eigenvalue weighted by Gasteiger charge is 2.05. The van der Waals surface area contributed by atoms with Crippen molar-refractivity contribution < 1.29 is 9.84 Å². The molecule has 0 heterocycles. The average Bonchev–Trinajstić information content (AvgIpc) is 2.26. The molecule has 0 aliphatic heterocycles. The van der Waals surface area contributed by atoms with Crippen molar-refractivity contribution in [3.05, 3.63) is 29.8 Å². The van der Waals surface area contributed by atoms with Crippen LogP contribution in [0, 0.1) is 0 Å². The summed E-state index contributed by atoms with van der Waals surface area (Å²) in [5, 5.41) is 12.4. The molecule has 3 nitrogen and oxygen atoms in total. The number of ether oxygens (including phenoxy) is 1. The van der Waals surface area contributed by atoms with Gasteiger partial charge in [0, 0.05) is 12.6 Å². The zero-order valence-electron chi connectivity index (χ0n) is 9.53. The van der Waals surface area contributed by atoms with Crippen LogP contribution >= 0.6 is 0 Å². The monoisotopic (exact) mass is 209 g/mol. The van der Waals surface area contributed by atoms with E-state index < -0.39 is 0 Å². The molecule has 2 atom stereocenters. The molecule has 3 heteroatoms. The molecule has 1 aromatic rings. The van der Waals surface area contributed by atoms with Crippen LogP contribution in [0.4, 0.5) is 0 Å². The predicted octanol–water partition coefficient (Wildman–Crippen LogP) is 1.73. The van der Waals surface area contributed by atoms with Gasteiger partial charge in [0.2, 0.25) is 0 Å². The molecular weight excluding hydrogens is 190 g/mol. The van der Waals surface area contributed by atoms with Gasteiger partial charge in [-0.2, -0.15) is 0 Å². The van der Waals surface area contributed by atoms with Gasteiger partial charge < -0.3 is 15.2 Å². The number of hydrogen-bond acceptors (Lipinski definition) is 3. The fourth-order valence-electron chi connectivity index (χ4n) is 1.36. The Hall–Kier alpha value is -1.06. The Labute approximate surface area is 91.1 Å². The van der Waals surface area contributed by atoms with Gasteiger partial charge in [0.1, 0.15) is 5.75 Å². The Balaban J connectivity index is 2.54. The molecule has 1 rings (SSSR count). The van der Waals surface area contributed by atoms with Crippen molar-refractivity contribution in [3.63, 3.8) is 0 Å². The van der Waals surface area contributed by atoms with E-state index >= 15 is 0 Å². The molecule has 15 heavy (non-hydrogen) atoms. The number of aliphatic hydroxyl groups is 1. The normalized spacial score (nSPS) is 14.7. The van der Waals surface area contributed by atoms with Gasteiger partial charge in [-0.25, -0.2) is 0 Å². The molecule has 0 fully saturated rings. The van der Waals surface area contributed by atoms with Crippen molar-refractivity contribution in [1.82, 2.24) is 5.32 Å². The Morgan fingerprint density at radius 2 is 1.87 bits per heavy atom. The summed E-state index contributed by atoms with van der Waals surface area (Å²) in [4.78, 5) is 0. The van der Waals surface area contributed by atoms with E-state index in [1.165, 1.54) is 5.56 Å². The van der Waals surface area contributed by atoms with Crippen molar-refractivity contribution in [2.75, 3.05) is 13.7 Å². The minimum atomic E-state index is -0.314. The summed E-state index contributed by atoms with van der Waals surface area (Å²) in [7, 11) is 1.66. The van der Waals surface area contributed by atoms with Crippen molar-refractivity contribution in [3.8, 4) is 5.75 Å². The number of rotatable bonds is 5. The van der Waals surface area contributed by atoms with E-state index in [0.717, 1.165) is 5.75 Å². The van der Waals surface area contributed by atoms with E-state index in [0.29, 0.717) is 6.54 Å². The molecular formula is C12H19NO2. The van der Waals surface area contributed by atoms with E-state index in [1.807, 2.05) is 24.3 Å². The Morgan fingerprint density at radius 1 is 1.27 bits per heavy atom. The third-order valence-electron chi connectivity index (χ3n) is 2.34. The van der Waals surface area contributed by atoms with Crippen LogP contribution in [0.3, 0.4) is 0 Å². The highest BCUT2D eigenvalue weighted by Crippen LogP contribution is 2.16. The van der Waals surface area contributed by atoms with Gasteiger partial charge >= 0.3 is 0 Å². The zero-order chi connectivity index (χ0) is 11.3. The lowest BCUT2D eigenvalue weighted by atomic mass is 10.1. The standard InChI is InChI=1S/C12H19NO2/c1-9(14)8-13-10(2)11-4-6-12(15-3)7-5-11/h4-7,9-10,13-14H,8H2,1-3H3. The van der Waals surface area contributed by atoms with Gasteiger partial charge in [0.25, 0.3) is 0 Å². The summed E-state index contributed by atoms with van der Waals surface area (Å²) < 4.78 is 5.09. The minimum absolute atomic E-state index is 0.241. The molecule has 2 N–H and O–H groups in total. The summed E-state index contributed by atoms with van der Waals surface area (Å²) in [5.74, 6) is 0.862. The highest BCUT2D eigenvalue weighted by molar-refractivity contribution is 5.28. The molecule has 0 saturated carbocycles. The molecule has 0 aromatic heterocycles. The second kappa shape index (κ2) is 5.73. The summed E-state index contributed by atoms with van der Waals surface area (Å²) in [6, 6.07) is 8.17. The Morgan fingerprint density at radius 3 is 2.33 bits per heavy atom. The molecule has 0 spiro atoms. The first kappa shape index (κ1) is 12.0. The topological polar surface area (TPSA) is 41.5 Å². The highest BCUT2D eigenvalue weighted by atomic mass is 16.5. The van der Waals surface area contributed by atoms with Gasteiger partial charge in [0.15, 0.2) is 0 Å². The summed E-state index contributed by atoms with van der Waals surface area (Å²) in [5.41, 5.74) is 1.19. The van der Waals surface area contributed by atoms with Crippen molar-refractivity contribution in [1.29, 1.82) is 0 Å². The van der Waals surface area contributed by atoms with E-state index in [1.54, 1.807) is 14.0 Å². The number of methoxy groups -OCH3 is 1. The van der Waals surface area contributed by atoms with Crippen LogP contribution in [0.2, 0.25) is 0 Å². The van der Waals surface area contributed by atoms with Gasteiger partial charge in [-0.3, -0.25) is 0 Å². The molecule has 0 amide bonds. The lowest BCUT2D eigenvalue weighted by Crippen LogP contribution is -2.27. The van der Waals surface area contributed by atoms with Crippen LogP contribution in [0.15, 0.2) is 24.3 Å². The van der Waals surface area contributed by atoms with Crippen LogP contribution in [0.25, 0.3) is 0 Å². The fourth-order valence-corrected chi connectivity index (χ4v) is 1.36. The van der Waals surface area contributed by atoms with E-state index in [2.05, 4.69) is 12.2 Å². The predicted molar refractivity (Wildman–Crippen MR) is 61.1 cm³/mol. The number of hydrogen-bond donors (Lipinski definition) is 2. The maximum Gasteiger partial charge on any atom is 0.118 e. The molecule has 1 aromatic carbocycles. The molecule has 0 radical (unpaired) electrons. The first-order valence-corrected chi connectivity index (χ1v) is 5.19. The quantitative estimate of drug-likeness (QED) is 0.776. The molecule has 0 aliphatic carbocycles. The van der Waals surface area contributed by atoms with Crippen LogP contribution < -0.4 is 10.1 Å². The summed E-state index contributed by atoms with van der Waals surface area (Å²) >= 11 is 0. The second-order valence-corrected chi connectivity index (χ2v) is 3.75.